The molecular formula is C12H13NO4. The fourth-order valence-corrected chi connectivity index (χ4v) is 2.64. The Bertz CT molecular complexity index is 401. The number of carbonyl (C=O) groups excluding carboxylic acids is 2. The third-order valence-electron chi connectivity index (χ3n) is 3.51. The number of carboxylic acid groups (broad SMARTS) is 1. The SMILES string of the molecule is C#CCC(C(=O)O)N1C(=O)C2CCC(C2)C1=O. The standard InChI is InChI=1S/C12H13NO4/c1-2-3-9(12(16)17)13-10(14)7-4-5-8(6-7)11(13)15/h1,7-9H,3-6H2,(H,16,17). The normalized spacial score (nSPS) is 29.0. The van der Waals surface area contributed by atoms with Crippen LogP contribution in [-0.2, 0) is 14.4 Å². The molecule has 0 spiro atoms. The maximum absolute atomic E-state index is 12.0. The van der Waals surface area contributed by atoms with Gasteiger partial charge in [-0.2, -0.15) is 0 Å². The van der Waals surface area contributed by atoms with Gasteiger partial charge < -0.3 is 5.11 Å². The van der Waals surface area contributed by atoms with E-state index in [0.29, 0.717) is 19.3 Å². The summed E-state index contributed by atoms with van der Waals surface area (Å²) < 4.78 is 0. The number of carboxylic acids is 1. The molecule has 1 saturated heterocycles. The zero-order valence-electron chi connectivity index (χ0n) is 9.26. The maximum atomic E-state index is 12.0. The van der Waals surface area contributed by atoms with E-state index in [1.54, 1.807) is 0 Å². The van der Waals surface area contributed by atoms with Crippen LogP contribution in [0.1, 0.15) is 25.7 Å². The number of hydrogen-bond acceptors (Lipinski definition) is 3. The molecule has 17 heavy (non-hydrogen) atoms. The van der Waals surface area contributed by atoms with E-state index in [4.69, 9.17) is 11.5 Å². The first-order valence-electron chi connectivity index (χ1n) is 5.59. The van der Waals surface area contributed by atoms with Crippen molar-refractivity contribution in [1.29, 1.82) is 0 Å². The van der Waals surface area contributed by atoms with Crippen LogP contribution in [0.5, 0.6) is 0 Å². The second-order valence-corrected chi connectivity index (χ2v) is 4.52. The number of piperidine rings is 1. The molecular weight excluding hydrogens is 222 g/mol. The summed E-state index contributed by atoms with van der Waals surface area (Å²) in [5.41, 5.74) is 0. The molecule has 5 nitrogen and oxygen atoms in total. The van der Waals surface area contributed by atoms with Gasteiger partial charge in [0.25, 0.3) is 0 Å². The predicted octanol–water partition coefficient (Wildman–Crippen LogP) is 0.248. The molecule has 3 atom stereocenters. The molecule has 0 aromatic heterocycles. The summed E-state index contributed by atoms with van der Waals surface area (Å²) in [6.07, 6.45) is 6.87. The van der Waals surface area contributed by atoms with E-state index in [1.165, 1.54) is 0 Å². The van der Waals surface area contributed by atoms with E-state index >= 15 is 0 Å². The molecule has 2 bridgehead atoms. The number of aliphatic carboxylic acids is 1. The lowest BCUT2D eigenvalue weighted by Crippen LogP contribution is -2.54. The van der Waals surface area contributed by atoms with Crippen LogP contribution >= 0.6 is 0 Å². The first kappa shape index (κ1) is 11.6. The molecule has 0 aromatic carbocycles. The average molecular weight is 235 g/mol. The van der Waals surface area contributed by atoms with Crippen LogP contribution in [0.25, 0.3) is 0 Å². The Kier molecular flexibility index (Phi) is 2.88. The zero-order valence-corrected chi connectivity index (χ0v) is 9.26. The van der Waals surface area contributed by atoms with Crippen LogP contribution in [0.15, 0.2) is 0 Å². The Labute approximate surface area is 98.8 Å². The van der Waals surface area contributed by atoms with Crippen molar-refractivity contribution in [2.75, 3.05) is 0 Å². The van der Waals surface area contributed by atoms with Crippen LogP contribution in [0.3, 0.4) is 0 Å². The highest BCUT2D eigenvalue weighted by atomic mass is 16.4. The van der Waals surface area contributed by atoms with Gasteiger partial charge in [0.1, 0.15) is 6.04 Å². The minimum atomic E-state index is -1.22. The molecule has 0 aromatic rings. The molecule has 5 heteroatoms. The minimum absolute atomic E-state index is 0.133. The highest BCUT2D eigenvalue weighted by Crippen LogP contribution is 2.39. The van der Waals surface area contributed by atoms with Gasteiger partial charge in [0.15, 0.2) is 0 Å². The molecule has 90 valence electrons. The van der Waals surface area contributed by atoms with E-state index in [9.17, 15) is 14.4 Å². The molecule has 2 aliphatic rings. The summed E-state index contributed by atoms with van der Waals surface area (Å²) >= 11 is 0. The Morgan fingerprint density at radius 3 is 2.35 bits per heavy atom. The van der Waals surface area contributed by atoms with Crippen molar-refractivity contribution in [3.63, 3.8) is 0 Å². The number of terminal acetylenes is 1. The second kappa shape index (κ2) is 4.21. The summed E-state index contributed by atoms with van der Waals surface area (Å²) in [5.74, 6) is -0.138. The number of hydrogen-bond donors (Lipinski definition) is 1. The lowest BCUT2D eigenvalue weighted by atomic mass is 9.95. The molecule has 3 unspecified atom stereocenters. The van der Waals surface area contributed by atoms with Gasteiger partial charge in [-0.05, 0) is 19.3 Å². The summed E-state index contributed by atoms with van der Waals surface area (Å²) in [5, 5.41) is 9.04. The van der Waals surface area contributed by atoms with E-state index < -0.39 is 12.0 Å². The molecule has 1 saturated carbocycles. The molecule has 1 N–H and O–H groups in total. The first-order chi connectivity index (χ1) is 8.06. The number of carbonyl (C=O) groups is 3. The van der Waals surface area contributed by atoms with E-state index in [2.05, 4.69) is 5.92 Å². The van der Waals surface area contributed by atoms with Crippen LogP contribution in [0.4, 0.5) is 0 Å². The quantitative estimate of drug-likeness (QED) is 0.562. The second-order valence-electron chi connectivity index (χ2n) is 4.52. The minimum Gasteiger partial charge on any atom is -0.480 e. The topological polar surface area (TPSA) is 74.7 Å². The van der Waals surface area contributed by atoms with E-state index in [1.807, 2.05) is 0 Å². The molecule has 1 aliphatic carbocycles. The lowest BCUT2D eigenvalue weighted by molar-refractivity contribution is -0.163. The highest BCUT2D eigenvalue weighted by Gasteiger charge is 2.48. The Morgan fingerprint density at radius 1 is 1.41 bits per heavy atom. The van der Waals surface area contributed by atoms with Gasteiger partial charge in [-0.25, -0.2) is 4.79 Å². The first-order valence-corrected chi connectivity index (χ1v) is 5.59. The Morgan fingerprint density at radius 2 is 1.94 bits per heavy atom. The molecule has 2 rings (SSSR count). The molecule has 1 aliphatic heterocycles. The van der Waals surface area contributed by atoms with Gasteiger partial charge >= 0.3 is 5.97 Å². The van der Waals surface area contributed by atoms with Crippen molar-refractivity contribution in [1.82, 2.24) is 4.90 Å². The number of likely N-dealkylation sites (tertiary alicyclic amines) is 1. The summed E-state index contributed by atoms with van der Waals surface area (Å²) in [4.78, 5) is 35.9. The van der Waals surface area contributed by atoms with E-state index in [-0.39, 0.29) is 30.1 Å². The Hall–Kier alpha value is -1.83. The maximum Gasteiger partial charge on any atom is 0.327 e. The van der Waals surface area contributed by atoms with Gasteiger partial charge in [-0.15, -0.1) is 12.3 Å². The number of nitrogens with zero attached hydrogens (tertiary/aromatic N) is 1. The fourth-order valence-electron chi connectivity index (χ4n) is 2.64. The summed E-state index contributed by atoms with van der Waals surface area (Å²) in [7, 11) is 0. The van der Waals surface area contributed by atoms with Crippen molar-refractivity contribution < 1.29 is 19.5 Å². The van der Waals surface area contributed by atoms with Gasteiger partial charge in [-0.1, -0.05) is 0 Å². The van der Waals surface area contributed by atoms with Gasteiger partial charge in [0.2, 0.25) is 11.8 Å². The van der Waals surface area contributed by atoms with Gasteiger partial charge in [0.05, 0.1) is 0 Å². The third kappa shape index (κ3) is 1.80. The molecule has 0 radical (unpaired) electrons. The highest BCUT2D eigenvalue weighted by molar-refractivity contribution is 6.03. The number of imide groups is 1. The lowest BCUT2D eigenvalue weighted by Gasteiger charge is -2.33. The van der Waals surface area contributed by atoms with Crippen molar-refractivity contribution >= 4 is 17.8 Å². The summed E-state index contributed by atoms with van der Waals surface area (Å²) in [6.45, 7) is 0. The van der Waals surface area contributed by atoms with Crippen LogP contribution < -0.4 is 0 Å². The average Bonchev–Trinajstić information content (AvgIpc) is 2.72. The monoisotopic (exact) mass is 235 g/mol. The number of fused-ring (bicyclic) bond motifs is 2. The van der Waals surface area contributed by atoms with Crippen molar-refractivity contribution in [2.24, 2.45) is 11.8 Å². The predicted molar refractivity (Wildman–Crippen MR) is 57.6 cm³/mol. The summed E-state index contributed by atoms with van der Waals surface area (Å²) in [6, 6.07) is -1.21. The largest absolute Gasteiger partial charge is 0.480 e. The van der Waals surface area contributed by atoms with Crippen LogP contribution in [0.2, 0.25) is 0 Å². The fraction of sp³-hybridized carbons (Fsp3) is 0.583. The van der Waals surface area contributed by atoms with Gasteiger partial charge in [0, 0.05) is 18.3 Å². The molecule has 1 heterocycles. The number of amides is 2. The zero-order chi connectivity index (χ0) is 12.6. The van der Waals surface area contributed by atoms with Crippen molar-refractivity contribution in [2.45, 2.75) is 31.7 Å². The van der Waals surface area contributed by atoms with Crippen molar-refractivity contribution in [3.05, 3.63) is 0 Å². The number of rotatable bonds is 3. The van der Waals surface area contributed by atoms with Crippen LogP contribution in [0, 0.1) is 24.2 Å². The smallest absolute Gasteiger partial charge is 0.327 e. The molecule has 2 amide bonds. The Balaban J connectivity index is 2.29. The molecule has 2 fully saturated rings. The van der Waals surface area contributed by atoms with Gasteiger partial charge in [-0.3, -0.25) is 14.5 Å². The third-order valence-corrected chi connectivity index (χ3v) is 3.51. The van der Waals surface area contributed by atoms with E-state index in [0.717, 1.165) is 4.90 Å². The van der Waals surface area contributed by atoms with Crippen molar-refractivity contribution in [3.8, 4) is 12.3 Å². The van der Waals surface area contributed by atoms with Crippen LogP contribution in [-0.4, -0.2) is 33.8 Å².